The maximum Gasteiger partial charge on any atom is 0.127 e. The average Bonchev–Trinajstić information content (AvgIpc) is 2.37. The van der Waals surface area contributed by atoms with Crippen molar-refractivity contribution in [2.75, 3.05) is 0 Å². The predicted octanol–water partition coefficient (Wildman–Crippen LogP) is 4.35. The molecule has 18 heavy (non-hydrogen) atoms. The molecule has 0 aliphatic carbocycles. The lowest BCUT2D eigenvalue weighted by Crippen LogP contribution is -1.83. The minimum atomic E-state index is -0.432. The number of rotatable bonds is 1. The number of aromatic hydroxyl groups is 1. The van der Waals surface area contributed by atoms with Crippen molar-refractivity contribution in [3.8, 4) is 16.9 Å². The quantitative estimate of drug-likeness (QED) is 0.668. The van der Waals surface area contributed by atoms with Crippen molar-refractivity contribution in [1.82, 2.24) is 0 Å². The first kappa shape index (κ1) is 10.8. The summed E-state index contributed by atoms with van der Waals surface area (Å²) in [7, 11) is 0. The van der Waals surface area contributed by atoms with Crippen LogP contribution in [0.3, 0.4) is 0 Å². The molecule has 1 N–H and O–H groups in total. The molecule has 3 aromatic rings. The molecule has 0 aliphatic heterocycles. The third kappa shape index (κ3) is 1.82. The molecule has 0 radical (unpaired) electrons. The summed E-state index contributed by atoms with van der Waals surface area (Å²) in [4.78, 5) is 0. The average molecular weight is 238 g/mol. The van der Waals surface area contributed by atoms with E-state index >= 15 is 0 Å². The van der Waals surface area contributed by atoms with Gasteiger partial charge in [-0.3, -0.25) is 0 Å². The fourth-order valence-corrected chi connectivity index (χ4v) is 2.21. The molecule has 0 saturated carbocycles. The number of hydrogen-bond donors (Lipinski definition) is 1. The Morgan fingerprint density at radius 1 is 0.833 bits per heavy atom. The molecule has 0 aromatic heterocycles. The van der Waals surface area contributed by atoms with E-state index in [0.717, 1.165) is 22.4 Å². The molecule has 0 fully saturated rings. The predicted molar refractivity (Wildman–Crippen MR) is 71.0 cm³/mol. The highest BCUT2D eigenvalue weighted by Crippen LogP contribution is 2.31. The van der Waals surface area contributed by atoms with Crippen molar-refractivity contribution in [3.63, 3.8) is 0 Å². The van der Waals surface area contributed by atoms with Gasteiger partial charge >= 0.3 is 0 Å². The lowest BCUT2D eigenvalue weighted by atomic mass is 9.98. The van der Waals surface area contributed by atoms with Gasteiger partial charge in [0.25, 0.3) is 0 Å². The molecular weight excluding hydrogens is 227 g/mol. The van der Waals surface area contributed by atoms with Crippen LogP contribution < -0.4 is 0 Å². The number of fused-ring (bicyclic) bond motifs is 1. The van der Waals surface area contributed by atoms with Gasteiger partial charge < -0.3 is 5.11 Å². The smallest absolute Gasteiger partial charge is 0.127 e. The Labute approximate surface area is 104 Å². The summed E-state index contributed by atoms with van der Waals surface area (Å²) in [5.74, 6) is -0.490. The minimum absolute atomic E-state index is 0.0575. The van der Waals surface area contributed by atoms with Crippen LogP contribution in [-0.2, 0) is 0 Å². The molecule has 1 nitrogen and oxygen atoms in total. The molecule has 0 heterocycles. The van der Waals surface area contributed by atoms with Crippen molar-refractivity contribution >= 4 is 10.8 Å². The fraction of sp³-hybridized carbons (Fsp3) is 0. The Morgan fingerprint density at radius 3 is 2.44 bits per heavy atom. The van der Waals surface area contributed by atoms with Crippen LogP contribution in [0.25, 0.3) is 21.9 Å². The van der Waals surface area contributed by atoms with Crippen LogP contribution in [0.2, 0.25) is 0 Å². The highest BCUT2D eigenvalue weighted by Gasteiger charge is 2.06. The molecular formula is C16H11FO. The monoisotopic (exact) mass is 238 g/mol. The van der Waals surface area contributed by atoms with Crippen LogP contribution in [-0.4, -0.2) is 5.11 Å². The zero-order chi connectivity index (χ0) is 12.5. The Balaban J connectivity index is 2.31. The summed E-state index contributed by atoms with van der Waals surface area (Å²) in [6.45, 7) is 0. The van der Waals surface area contributed by atoms with Gasteiger partial charge in [-0.25, -0.2) is 4.39 Å². The largest absolute Gasteiger partial charge is 0.508 e. The van der Waals surface area contributed by atoms with Crippen molar-refractivity contribution < 1.29 is 9.50 Å². The molecule has 0 bridgehead atoms. The molecule has 0 amide bonds. The van der Waals surface area contributed by atoms with E-state index in [4.69, 9.17) is 0 Å². The van der Waals surface area contributed by atoms with Gasteiger partial charge in [-0.05, 0) is 34.0 Å². The zero-order valence-corrected chi connectivity index (χ0v) is 9.60. The van der Waals surface area contributed by atoms with E-state index < -0.39 is 5.82 Å². The Bertz CT molecular complexity index is 694. The third-order valence-electron chi connectivity index (χ3n) is 2.98. The van der Waals surface area contributed by atoms with Gasteiger partial charge in [-0.15, -0.1) is 0 Å². The van der Waals surface area contributed by atoms with E-state index in [2.05, 4.69) is 0 Å². The molecule has 2 heteroatoms. The standard InChI is InChI=1S/C16H11FO/c17-13-8-12(9-14(18)10-13)16-7-3-5-11-4-1-2-6-15(11)16/h1-10,18H. The van der Waals surface area contributed by atoms with E-state index in [1.165, 1.54) is 6.07 Å². The van der Waals surface area contributed by atoms with E-state index in [9.17, 15) is 9.50 Å². The summed E-state index contributed by atoms with van der Waals surface area (Å²) in [6, 6.07) is 17.9. The van der Waals surface area contributed by atoms with E-state index in [1.54, 1.807) is 6.07 Å². The lowest BCUT2D eigenvalue weighted by Gasteiger charge is -2.07. The molecule has 88 valence electrons. The van der Waals surface area contributed by atoms with Gasteiger partial charge in [0.05, 0.1) is 0 Å². The highest BCUT2D eigenvalue weighted by atomic mass is 19.1. The molecule has 3 rings (SSSR count). The highest BCUT2D eigenvalue weighted by molar-refractivity contribution is 5.96. The van der Waals surface area contributed by atoms with E-state index in [-0.39, 0.29) is 5.75 Å². The van der Waals surface area contributed by atoms with Gasteiger partial charge in [-0.2, -0.15) is 0 Å². The second kappa shape index (κ2) is 4.15. The maximum absolute atomic E-state index is 13.4. The molecule has 0 unspecified atom stereocenters. The third-order valence-corrected chi connectivity index (χ3v) is 2.98. The zero-order valence-electron chi connectivity index (χ0n) is 9.60. The molecule has 0 atom stereocenters. The van der Waals surface area contributed by atoms with Crippen LogP contribution in [0.15, 0.2) is 60.7 Å². The summed E-state index contributed by atoms with van der Waals surface area (Å²) in [6.07, 6.45) is 0. The van der Waals surface area contributed by atoms with Crippen LogP contribution in [0.5, 0.6) is 5.75 Å². The Hall–Kier alpha value is -2.35. The molecule has 0 saturated heterocycles. The first-order valence-electron chi connectivity index (χ1n) is 5.72. The second-order valence-corrected chi connectivity index (χ2v) is 4.22. The summed E-state index contributed by atoms with van der Waals surface area (Å²) in [5, 5.41) is 11.6. The molecule has 0 spiro atoms. The van der Waals surface area contributed by atoms with Gasteiger partial charge in [0.15, 0.2) is 0 Å². The number of hydrogen-bond acceptors (Lipinski definition) is 1. The van der Waals surface area contributed by atoms with E-state index in [0.29, 0.717) is 5.56 Å². The van der Waals surface area contributed by atoms with Crippen molar-refractivity contribution in [2.45, 2.75) is 0 Å². The minimum Gasteiger partial charge on any atom is -0.508 e. The van der Waals surface area contributed by atoms with Crippen molar-refractivity contribution in [2.24, 2.45) is 0 Å². The molecule has 0 aliphatic rings. The molecule has 3 aromatic carbocycles. The number of phenolic OH excluding ortho intramolecular Hbond substituents is 1. The maximum atomic E-state index is 13.4. The first-order chi connectivity index (χ1) is 8.74. The number of phenols is 1. The van der Waals surface area contributed by atoms with Gasteiger partial charge in [-0.1, -0.05) is 42.5 Å². The van der Waals surface area contributed by atoms with Gasteiger partial charge in [0.2, 0.25) is 0 Å². The van der Waals surface area contributed by atoms with Gasteiger partial charge in [0, 0.05) is 6.07 Å². The Kier molecular flexibility index (Phi) is 2.49. The summed E-state index contributed by atoms with van der Waals surface area (Å²) < 4.78 is 13.4. The number of halogens is 1. The van der Waals surface area contributed by atoms with Crippen molar-refractivity contribution in [3.05, 3.63) is 66.5 Å². The van der Waals surface area contributed by atoms with Crippen LogP contribution in [0.1, 0.15) is 0 Å². The fourth-order valence-electron chi connectivity index (χ4n) is 2.21. The van der Waals surface area contributed by atoms with Crippen LogP contribution in [0.4, 0.5) is 4.39 Å². The first-order valence-corrected chi connectivity index (χ1v) is 5.72. The van der Waals surface area contributed by atoms with Gasteiger partial charge in [0.1, 0.15) is 11.6 Å². The summed E-state index contributed by atoms with van der Waals surface area (Å²) >= 11 is 0. The topological polar surface area (TPSA) is 20.2 Å². The summed E-state index contributed by atoms with van der Waals surface area (Å²) in [5.41, 5.74) is 1.60. The SMILES string of the molecule is Oc1cc(F)cc(-c2cccc3ccccc23)c1. The van der Waals surface area contributed by atoms with Crippen LogP contribution in [0, 0.1) is 5.82 Å². The Morgan fingerprint density at radius 2 is 1.61 bits per heavy atom. The second-order valence-electron chi connectivity index (χ2n) is 4.22. The van der Waals surface area contributed by atoms with Crippen molar-refractivity contribution in [1.29, 1.82) is 0 Å². The van der Waals surface area contributed by atoms with Crippen LogP contribution >= 0.6 is 0 Å². The lowest BCUT2D eigenvalue weighted by molar-refractivity contribution is 0.469. The van der Waals surface area contributed by atoms with E-state index in [1.807, 2.05) is 42.5 Å². The number of benzene rings is 3. The normalized spacial score (nSPS) is 10.7.